The van der Waals surface area contributed by atoms with Gasteiger partial charge in [0.25, 0.3) is 0 Å². The number of carboxylic acids is 1. The summed E-state index contributed by atoms with van der Waals surface area (Å²) in [5, 5.41) is 13.7. The lowest BCUT2D eigenvalue weighted by Gasteiger charge is -2.12. The van der Waals surface area contributed by atoms with Gasteiger partial charge in [0, 0.05) is 16.1 Å². The Hall–Kier alpha value is -2.31. The maximum atomic E-state index is 11.6. The van der Waals surface area contributed by atoms with E-state index >= 15 is 0 Å². The van der Waals surface area contributed by atoms with Crippen molar-refractivity contribution in [2.24, 2.45) is 0 Å². The van der Waals surface area contributed by atoms with Crippen LogP contribution < -0.4 is 10.1 Å². The molecule has 122 valence electrons. The molecule has 0 aliphatic carbocycles. The topological polar surface area (TPSA) is 71.5 Å². The molecule has 2 N–H and O–H groups in total. The van der Waals surface area contributed by atoms with Crippen molar-refractivity contribution in [3.05, 3.63) is 57.5 Å². The second-order valence-corrected chi connectivity index (χ2v) is 6.21. The zero-order chi connectivity index (χ0) is 17.3. The summed E-state index contributed by atoms with van der Waals surface area (Å²) in [4.78, 5) is 16.1. The molecule has 3 aromatic rings. The van der Waals surface area contributed by atoms with E-state index in [0.29, 0.717) is 31.8 Å². The van der Waals surface area contributed by atoms with Crippen LogP contribution in [0.4, 0.5) is 11.5 Å². The predicted octanol–water partition coefficient (Wildman–Crippen LogP) is 5.10. The Balaban J connectivity index is 2.18. The molecule has 0 aliphatic rings. The Labute approximate surface area is 151 Å². The van der Waals surface area contributed by atoms with Crippen molar-refractivity contribution in [3.8, 4) is 5.75 Å². The first-order valence-corrected chi connectivity index (χ1v) is 8.10. The minimum Gasteiger partial charge on any atom is -0.495 e. The quantitative estimate of drug-likeness (QED) is 0.629. The van der Waals surface area contributed by atoms with E-state index in [9.17, 15) is 9.90 Å². The van der Waals surface area contributed by atoms with Crippen molar-refractivity contribution in [1.29, 1.82) is 0 Å². The first-order chi connectivity index (χ1) is 11.5. The highest BCUT2D eigenvalue weighted by Gasteiger charge is 2.16. The van der Waals surface area contributed by atoms with Gasteiger partial charge in [-0.3, -0.25) is 0 Å². The fourth-order valence-corrected chi connectivity index (χ4v) is 3.11. The van der Waals surface area contributed by atoms with Gasteiger partial charge in [-0.2, -0.15) is 0 Å². The molecule has 0 spiro atoms. The SMILES string of the molecule is COc1ccc2cc(C(=O)O)c(Nc3cccc(Cl)c3)nc2c1Br. The summed E-state index contributed by atoms with van der Waals surface area (Å²) in [6, 6.07) is 12.1. The van der Waals surface area contributed by atoms with Crippen LogP contribution in [-0.4, -0.2) is 23.2 Å². The second-order valence-electron chi connectivity index (χ2n) is 4.98. The molecule has 1 aromatic heterocycles. The number of pyridine rings is 1. The summed E-state index contributed by atoms with van der Waals surface area (Å²) in [7, 11) is 1.56. The van der Waals surface area contributed by atoms with E-state index in [2.05, 4.69) is 26.2 Å². The Bertz CT molecular complexity index is 947. The summed E-state index contributed by atoms with van der Waals surface area (Å²) in [5.41, 5.74) is 1.32. The number of anilines is 2. The lowest BCUT2D eigenvalue weighted by atomic mass is 10.1. The van der Waals surface area contributed by atoms with E-state index in [0.717, 1.165) is 0 Å². The Morgan fingerprint density at radius 3 is 2.75 bits per heavy atom. The Morgan fingerprint density at radius 1 is 1.29 bits per heavy atom. The van der Waals surface area contributed by atoms with E-state index < -0.39 is 5.97 Å². The number of benzene rings is 2. The predicted molar refractivity (Wildman–Crippen MR) is 97.7 cm³/mol. The van der Waals surface area contributed by atoms with Crippen molar-refractivity contribution >= 4 is 55.9 Å². The third-order valence-corrected chi connectivity index (χ3v) is 4.43. The second kappa shape index (κ2) is 6.67. The number of methoxy groups -OCH3 is 1. The number of nitrogens with one attached hydrogen (secondary N) is 1. The molecule has 0 saturated carbocycles. The number of hydrogen-bond donors (Lipinski definition) is 2. The highest BCUT2D eigenvalue weighted by atomic mass is 79.9. The number of hydrogen-bond acceptors (Lipinski definition) is 4. The largest absolute Gasteiger partial charge is 0.495 e. The molecule has 0 unspecified atom stereocenters. The van der Waals surface area contributed by atoms with E-state index in [-0.39, 0.29) is 11.4 Å². The van der Waals surface area contributed by atoms with Crippen molar-refractivity contribution < 1.29 is 14.6 Å². The normalized spacial score (nSPS) is 10.6. The molecule has 7 heteroatoms. The minimum absolute atomic E-state index is 0.0690. The highest BCUT2D eigenvalue weighted by Crippen LogP contribution is 2.34. The maximum absolute atomic E-state index is 11.6. The number of halogens is 2. The van der Waals surface area contributed by atoms with Gasteiger partial charge in [0.05, 0.1) is 17.1 Å². The van der Waals surface area contributed by atoms with E-state index in [1.165, 1.54) is 0 Å². The van der Waals surface area contributed by atoms with Gasteiger partial charge >= 0.3 is 5.97 Å². The van der Waals surface area contributed by atoms with Crippen molar-refractivity contribution in [2.45, 2.75) is 0 Å². The van der Waals surface area contributed by atoms with Gasteiger partial charge in [-0.25, -0.2) is 9.78 Å². The van der Waals surface area contributed by atoms with E-state index in [1.54, 1.807) is 49.6 Å². The number of carboxylic acid groups (broad SMARTS) is 1. The molecule has 2 aromatic carbocycles. The number of aromatic nitrogens is 1. The lowest BCUT2D eigenvalue weighted by Crippen LogP contribution is -2.05. The van der Waals surface area contributed by atoms with Gasteiger partial charge in [0.1, 0.15) is 17.1 Å². The fourth-order valence-electron chi connectivity index (χ4n) is 2.31. The third-order valence-electron chi connectivity index (χ3n) is 3.43. The summed E-state index contributed by atoms with van der Waals surface area (Å²) >= 11 is 9.42. The van der Waals surface area contributed by atoms with Crippen LogP contribution in [0.3, 0.4) is 0 Å². The summed E-state index contributed by atoms with van der Waals surface area (Å²) in [6.07, 6.45) is 0. The monoisotopic (exact) mass is 406 g/mol. The number of fused-ring (bicyclic) bond motifs is 1. The Morgan fingerprint density at radius 2 is 2.08 bits per heavy atom. The van der Waals surface area contributed by atoms with Crippen molar-refractivity contribution in [3.63, 3.8) is 0 Å². The van der Waals surface area contributed by atoms with Crippen molar-refractivity contribution in [1.82, 2.24) is 4.98 Å². The molecular weight excluding hydrogens is 396 g/mol. The average Bonchev–Trinajstić information content (AvgIpc) is 2.55. The number of ether oxygens (including phenoxy) is 1. The van der Waals surface area contributed by atoms with Crippen molar-refractivity contribution in [2.75, 3.05) is 12.4 Å². The molecule has 0 atom stereocenters. The standard InChI is InChI=1S/C17H12BrClN2O3/c1-24-13-6-5-9-7-12(17(22)23)16(21-15(9)14(13)18)20-11-4-2-3-10(19)8-11/h2-8H,1H3,(H,20,21)(H,22,23). The molecule has 0 fully saturated rings. The summed E-state index contributed by atoms with van der Waals surface area (Å²) in [5.74, 6) is -0.223. The molecule has 0 amide bonds. The van der Waals surface area contributed by atoms with Crippen LogP contribution in [0.15, 0.2) is 46.9 Å². The van der Waals surface area contributed by atoms with Crippen LogP contribution in [0.2, 0.25) is 5.02 Å². The minimum atomic E-state index is -1.07. The van der Waals surface area contributed by atoms with Crippen LogP contribution in [0.25, 0.3) is 10.9 Å². The molecule has 0 radical (unpaired) electrons. The van der Waals surface area contributed by atoms with Gasteiger partial charge in [-0.05, 0) is 52.3 Å². The van der Waals surface area contributed by atoms with Gasteiger partial charge in [-0.1, -0.05) is 17.7 Å². The summed E-state index contributed by atoms with van der Waals surface area (Å²) in [6.45, 7) is 0. The van der Waals surface area contributed by atoms with Crippen LogP contribution in [0.5, 0.6) is 5.75 Å². The zero-order valence-electron chi connectivity index (χ0n) is 12.5. The highest BCUT2D eigenvalue weighted by molar-refractivity contribution is 9.10. The van der Waals surface area contributed by atoms with E-state index in [1.807, 2.05) is 0 Å². The van der Waals surface area contributed by atoms with Gasteiger partial charge in [0.15, 0.2) is 0 Å². The molecule has 1 heterocycles. The molecule has 0 aliphatic heterocycles. The van der Waals surface area contributed by atoms with Crippen LogP contribution in [0, 0.1) is 0 Å². The number of rotatable bonds is 4. The van der Waals surface area contributed by atoms with Gasteiger partial charge in [-0.15, -0.1) is 0 Å². The van der Waals surface area contributed by atoms with Gasteiger partial charge in [0.2, 0.25) is 0 Å². The molecule has 5 nitrogen and oxygen atoms in total. The lowest BCUT2D eigenvalue weighted by molar-refractivity contribution is 0.0698. The first kappa shape index (κ1) is 16.5. The van der Waals surface area contributed by atoms with Crippen LogP contribution >= 0.6 is 27.5 Å². The molecule has 24 heavy (non-hydrogen) atoms. The first-order valence-electron chi connectivity index (χ1n) is 6.92. The average molecular weight is 408 g/mol. The molecule has 3 rings (SSSR count). The third kappa shape index (κ3) is 3.16. The summed E-state index contributed by atoms with van der Waals surface area (Å²) < 4.78 is 5.92. The van der Waals surface area contributed by atoms with Gasteiger partial charge < -0.3 is 15.2 Å². The Kier molecular flexibility index (Phi) is 4.59. The number of aromatic carboxylic acids is 1. The maximum Gasteiger partial charge on any atom is 0.339 e. The molecular formula is C17H12BrClN2O3. The van der Waals surface area contributed by atoms with Crippen LogP contribution in [-0.2, 0) is 0 Å². The zero-order valence-corrected chi connectivity index (χ0v) is 14.9. The molecule has 0 saturated heterocycles. The smallest absolute Gasteiger partial charge is 0.339 e. The van der Waals surface area contributed by atoms with Crippen LogP contribution in [0.1, 0.15) is 10.4 Å². The fraction of sp³-hybridized carbons (Fsp3) is 0.0588. The van der Waals surface area contributed by atoms with E-state index in [4.69, 9.17) is 16.3 Å². The molecule has 0 bridgehead atoms. The number of nitrogens with zero attached hydrogens (tertiary/aromatic N) is 1. The number of carbonyl (C=O) groups is 1.